The van der Waals surface area contributed by atoms with E-state index in [9.17, 15) is 9.59 Å². The number of rotatable bonds is 9. The molecule has 3 aliphatic rings. The summed E-state index contributed by atoms with van der Waals surface area (Å²) in [5.41, 5.74) is 2.42. The van der Waals surface area contributed by atoms with Crippen molar-refractivity contribution in [3.8, 4) is 5.75 Å². The fraction of sp³-hybridized carbons (Fsp3) is 0.464. The molecule has 1 saturated heterocycles. The van der Waals surface area contributed by atoms with Crippen LogP contribution in [0.4, 0.5) is 0 Å². The molecule has 0 radical (unpaired) electrons. The molecule has 2 fully saturated rings. The van der Waals surface area contributed by atoms with E-state index in [0.29, 0.717) is 37.0 Å². The molecule has 2 amide bonds. The Morgan fingerprint density at radius 3 is 2.57 bits per heavy atom. The second-order valence-electron chi connectivity index (χ2n) is 9.71. The zero-order valence-electron chi connectivity index (χ0n) is 21.1. The highest BCUT2D eigenvalue weighted by Gasteiger charge is 2.38. The highest BCUT2D eigenvalue weighted by molar-refractivity contribution is 6.34. The fourth-order valence-electron chi connectivity index (χ4n) is 4.96. The van der Waals surface area contributed by atoms with Crippen LogP contribution in [0.5, 0.6) is 5.75 Å². The van der Waals surface area contributed by atoms with Crippen LogP contribution in [0.3, 0.4) is 0 Å². The van der Waals surface area contributed by atoms with Crippen LogP contribution in [0.15, 0.2) is 53.6 Å². The fourth-order valence-corrected chi connectivity index (χ4v) is 5.21. The van der Waals surface area contributed by atoms with Crippen molar-refractivity contribution in [1.82, 2.24) is 14.8 Å². The lowest BCUT2D eigenvalue weighted by molar-refractivity contribution is -0.142. The Hall–Kier alpha value is -2.94. The first-order chi connectivity index (χ1) is 18.0. The minimum Gasteiger partial charge on any atom is -0.496 e. The number of carbonyl (C=O) groups excluding carboxylic acids is 2. The van der Waals surface area contributed by atoms with Crippen molar-refractivity contribution in [1.29, 1.82) is 0 Å². The number of nitrogens with zero attached hydrogens (tertiary/aromatic N) is 4. The van der Waals surface area contributed by atoms with Crippen molar-refractivity contribution in [3.05, 3.63) is 64.7 Å². The third-order valence-corrected chi connectivity index (χ3v) is 7.53. The SMILES string of the molecule is COc1ccccc1C1CC(c2ccccc2Cl)=NN1C(=O)CN(CCN1CCOCC1)C(=O)C1CC1. The summed E-state index contributed by atoms with van der Waals surface area (Å²) in [6.45, 7) is 4.30. The second-order valence-corrected chi connectivity index (χ2v) is 10.1. The van der Waals surface area contributed by atoms with Crippen LogP contribution in [0.25, 0.3) is 0 Å². The zero-order valence-corrected chi connectivity index (χ0v) is 21.9. The maximum absolute atomic E-state index is 13.8. The summed E-state index contributed by atoms with van der Waals surface area (Å²) < 4.78 is 11.1. The van der Waals surface area contributed by atoms with Gasteiger partial charge in [0.15, 0.2) is 0 Å². The van der Waals surface area contributed by atoms with Crippen LogP contribution in [0.1, 0.15) is 36.4 Å². The number of hydrogen-bond acceptors (Lipinski definition) is 6. The van der Waals surface area contributed by atoms with Crippen molar-refractivity contribution in [2.45, 2.75) is 25.3 Å². The van der Waals surface area contributed by atoms with Gasteiger partial charge in [0.1, 0.15) is 12.3 Å². The molecule has 1 saturated carbocycles. The van der Waals surface area contributed by atoms with E-state index < -0.39 is 0 Å². The number of para-hydroxylation sites is 1. The molecule has 0 spiro atoms. The number of methoxy groups -OCH3 is 1. The lowest BCUT2D eigenvalue weighted by Crippen LogP contribution is -2.47. The summed E-state index contributed by atoms with van der Waals surface area (Å²) in [6, 6.07) is 14.8. The van der Waals surface area contributed by atoms with Gasteiger partial charge in [0.05, 0.1) is 32.1 Å². The molecule has 0 bridgehead atoms. The van der Waals surface area contributed by atoms with E-state index in [0.717, 1.165) is 49.3 Å². The van der Waals surface area contributed by atoms with Crippen LogP contribution >= 0.6 is 11.6 Å². The zero-order chi connectivity index (χ0) is 25.8. The molecular formula is C28H33ClN4O4. The molecule has 1 unspecified atom stereocenters. The summed E-state index contributed by atoms with van der Waals surface area (Å²) in [5.74, 6) is 0.571. The van der Waals surface area contributed by atoms with E-state index in [1.807, 2.05) is 48.5 Å². The van der Waals surface area contributed by atoms with Gasteiger partial charge in [-0.3, -0.25) is 14.5 Å². The van der Waals surface area contributed by atoms with E-state index in [1.165, 1.54) is 5.01 Å². The molecule has 9 heteroatoms. The van der Waals surface area contributed by atoms with Crippen LogP contribution in [-0.4, -0.2) is 85.4 Å². The average Bonchev–Trinajstić information content (AvgIpc) is 3.69. The Morgan fingerprint density at radius 1 is 1.11 bits per heavy atom. The summed E-state index contributed by atoms with van der Waals surface area (Å²) in [4.78, 5) is 31.0. The van der Waals surface area contributed by atoms with E-state index in [-0.39, 0.29) is 30.3 Å². The van der Waals surface area contributed by atoms with Crippen LogP contribution < -0.4 is 4.74 Å². The van der Waals surface area contributed by atoms with E-state index in [4.69, 9.17) is 26.2 Å². The van der Waals surface area contributed by atoms with Gasteiger partial charge in [-0.15, -0.1) is 0 Å². The number of morpholine rings is 1. The molecule has 2 aliphatic heterocycles. The Balaban J connectivity index is 1.39. The monoisotopic (exact) mass is 524 g/mol. The Bertz CT molecular complexity index is 1160. The third-order valence-electron chi connectivity index (χ3n) is 7.20. The molecule has 2 heterocycles. The molecule has 0 aromatic heterocycles. The Morgan fingerprint density at radius 2 is 1.84 bits per heavy atom. The standard InChI is InChI=1S/C28H33ClN4O4/c1-36-26-9-5-3-7-22(26)25-18-24(21-6-2-4-8-23(21)29)30-33(25)27(34)19-32(28(35)20-10-11-20)13-12-31-14-16-37-17-15-31/h2-9,20,25H,10-19H2,1H3. The summed E-state index contributed by atoms with van der Waals surface area (Å²) in [6.07, 6.45) is 2.28. The van der Waals surface area contributed by atoms with Gasteiger partial charge >= 0.3 is 0 Å². The number of hydrogen-bond donors (Lipinski definition) is 0. The second kappa shape index (κ2) is 11.6. The van der Waals surface area contributed by atoms with Crippen molar-refractivity contribution < 1.29 is 19.1 Å². The maximum atomic E-state index is 13.8. The molecule has 0 N–H and O–H groups in total. The number of hydrazone groups is 1. The summed E-state index contributed by atoms with van der Waals surface area (Å²) in [7, 11) is 1.62. The van der Waals surface area contributed by atoms with Crippen molar-refractivity contribution >= 4 is 29.1 Å². The highest BCUT2D eigenvalue weighted by Crippen LogP contribution is 2.38. The first kappa shape index (κ1) is 25.7. The molecule has 2 aromatic carbocycles. The number of ether oxygens (including phenoxy) is 2. The molecule has 8 nitrogen and oxygen atoms in total. The van der Waals surface area contributed by atoms with Gasteiger partial charge in [-0.05, 0) is 25.0 Å². The minimum atomic E-state index is -0.355. The summed E-state index contributed by atoms with van der Waals surface area (Å²) >= 11 is 6.49. The maximum Gasteiger partial charge on any atom is 0.262 e. The van der Waals surface area contributed by atoms with Gasteiger partial charge in [-0.1, -0.05) is 48.0 Å². The van der Waals surface area contributed by atoms with Gasteiger partial charge in [0, 0.05) is 54.7 Å². The van der Waals surface area contributed by atoms with Crippen LogP contribution in [0.2, 0.25) is 5.02 Å². The molecule has 1 atom stereocenters. The minimum absolute atomic E-state index is 0.00930. The predicted molar refractivity (Wildman–Crippen MR) is 142 cm³/mol. The highest BCUT2D eigenvalue weighted by atomic mass is 35.5. The third kappa shape index (κ3) is 5.98. The van der Waals surface area contributed by atoms with Crippen LogP contribution in [0, 0.1) is 5.92 Å². The normalized spacial score (nSPS) is 20.0. The molecular weight excluding hydrogens is 492 g/mol. The van der Waals surface area contributed by atoms with Gasteiger partial charge in [0.2, 0.25) is 5.91 Å². The van der Waals surface area contributed by atoms with Crippen molar-refractivity contribution in [2.24, 2.45) is 11.0 Å². The first-order valence-corrected chi connectivity index (χ1v) is 13.3. The van der Waals surface area contributed by atoms with Gasteiger partial charge in [-0.25, -0.2) is 5.01 Å². The smallest absolute Gasteiger partial charge is 0.262 e. The molecule has 1 aliphatic carbocycles. The van der Waals surface area contributed by atoms with Crippen molar-refractivity contribution in [3.63, 3.8) is 0 Å². The Labute approximate surface area is 222 Å². The van der Waals surface area contributed by atoms with E-state index in [2.05, 4.69) is 4.90 Å². The first-order valence-electron chi connectivity index (χ1n) is 12.9. The average molecular weight is 525 g/mol. The van der Waals surface area contributed by atoms with Gasteiger partial charge in [-0.2, -0.15) is 5.10 Å². The van der Waals surface area contributed by atoms with Crippen molar-refractivity contribution in [2.75, 3.05) is 53.0 Å². The van der Waals surface area contributed by atoms with E-state index in [1.54, 1.807) is 12.0 Å². The molecule has 5 rings (SSSR count). The quantitative estimate of drug-likeness (QED) is 0.501. The van der Waals surface area contributed by atoms with Crippen LogP contribution in [-0.2, 0) is 14.3 Å². The molecule has 196 valence electrons. The summed E-state index contributed by atoms with van der Waals surface area (Å²) in [5, 5.41) is 6.89. The topological polar surface area (TPSA) is 74.7 Å². The predicted octanol–water partition coefficient (Wildman–Crippen LogP) is 3.60. The lowest BCUT2D eigenvalue weighted by atomic mass is 9.97. The van der Waals surface area contributed by atoms with E-state index >= 15 is 0 Å². The van der Waals surface area contributed by atoms with Gasteiger partial charge in [0.25, 0.3) is 5.91 Å². The lowest BCUT2D eigenvalue weighted by Gasteiger charge is -2.31. The number of amides is 2. The number of benzene rings is 2. The largest absolute Gasteiger partial charge is 0.496 e. The number of halogens is 1. The number of carbonyl (C=O) groups is 2. The van der Waals surface area contributed by atoms with Gasteiger partial charge < -0.3 is 14.4 Å². The molecule has 2 aromatic rings. The molecule has 37 heavy (non-hydrogen) atoms. The Kier molecular flexibility index (Phi) is 8.08.